The molecule has 228 valence electrons. The summed E-state index contributed by atoms with van der Waals surface area (Å²) in [6.45, 7) is 0.664. The molecule has 14 heteroatoms. The molecule has 3 aromatic heterocycles. The van der Waals surface area contributed by atoms with E-state index in [1.165, 1.54) is 0 Å². The number of pyridine rings is 3. The van der Waals surface area contributed by atoms with Gasteiger partial charge in [-0.1, -0.05) is 0 Å². The highest BCUT2D eigenvalue weighted by atomic mass is 32.2. The molecule has 0 saturated heterocycles. The molecule has 2 aliphatic heterocycles. The fourth-order valence-electron chi connectivity index (χ4n) is 5.49. The van der Waals surface area contributed by atoms with Crippen LogP contribution in [-0.4, -0.2) is 67.8 Å². The van der Waals surface area contributed by atoms with E-state index in [1.807, 2.05) is 29.3 Å². The number of aromatic nitrogens is 3. The highest BCUT2D eigenvalue weighted by Gasteiger charge is 2.40. The molecule has 1 saturated carbocycles. The van der Waals surface area contributed by atoms with Gasteiger partial charge in [-0.25, -0.2) is 27.2 Å². The number of fused-ring (bicyclic) bond motifs is 3. The first-order valence-corrected chi connectivity index (χ1v) is 15.6. The van der Waals surface area contributed by atoms with Crippen molar-refractivity contribution in [3.05, 3.63) is 71.4 Å². The van der Waals surface area contributed by atoms with E-state index in [0.29, 0.717) is 47.7 Å². The van der Waals surface area contributed by atoms with Gasteiger partial charge in [0.15, 0.2) is 23.1 Å². The lowest BCUT2D eigenvalue weighted by molar-refractivity contribution is 0.0949. The SMILES string of the molecule is CO[C@@H]1C[C@H]1c1cnc2c(c1)OCCN2c1ccc2cnc(CNC(=O)c3cc(F)c4c(c3)S(=O)(=O)[C@@H](F)CCO4)cc2n1. The summed E-state index contributed by atoms with van der Waals surface area (Å²) in [4.78, 5) is 28.1. The van der Waals surface area contributed by atoms with Gasteiger partial charge in [0.2, 0.25) is 15.3 Å². The number of hydrogen-bond acceptors (Lipinski definition) is 10. The smallest absolute Gasteiger partial charge is 0.251 e. The van der Waals surface area contributed by atoms with E-state index in [4.69, 9.17) is 19.2 Å². The van der Waals surface area contributed by atoms with Crippen molar-refractivity contribution in [1.82, 2.24) is 20.3 Å². The summed E-state index contributed by atoms with van der Waals surface area (Å²) >= 11 is 0. The van der Waals surface area contributed by atoms with Crippen LogP contribution in [0.4, 0.5) is 20.4 Å². The lowest BCUT2D eigenvalue weighted by Crippen LogP contribution is -2.30. The van der Waals surface area contributed by atoms with Crippen LogP contribution in [0, 0.1) is 5.82 Å². The third kappa shape index (κ3) is 5.07. The summed E-state index contributed by atoms with van der Waals surface area (Å²) in [6.07, 6.45) is 4.21. The predicted octanol–water partition coefficient (Wildman–Crippen LogP) is 3.98. The number of amides is 1. The number of sulfone groups is 1. The van der Waals surface area contributed by atoms with Crippen molar-refractivity contribution in [1.29, 1.82) is 0 Å². The highest BCUT2D eigenvalue weighted by molar-refractivity contribution is 7.92. The van der Waals surface area contributed by atoms with Gasteiger partial charge in [0.1, 0.15) is 17.3 Å². The number of carbonyl (C=O) groups excluding carboxylic acids is 1. The van der Waals surface area contributed by atoms with Crippen LogP contribution in [0.1, 0.15) is 40.4 Å². The standard InChI is InChI=1S/C30H27F2N5O6S/c1-41-23-12-20(23)18-9-24-29(34-14-18)37(5-7-42-24)27-3-2-16-13-33-19(11-22(16)36-27)15-35-30(38)17-8-21(31)28-25(10-17)44(39,40)26(32)4-6-43-28/h2-3,8-11,13-14,20,23,26H,4-7,12,15H2,1H3,(H,35,38)/t20-,23+,26+/m0/s1. The molecule has 44 heavy (non-hydrogen) atoms. The van der Waals surface area contributed by atoms with Crippen molar-refractivity contribution in [2.75, 3.05) is 31.8 Å². The molecule has 7 rings (SSSR count). The predicted molar refractivity (Wildman–Crippen MR) is 154 cm³/mol. The van der Waals surface area contributed by atoms with Gasteiger partial charge >= 0.3 is 0 Å². The number of benzene rings is 1. The third-order valence-corrected chi connectivity index (χ3v) is 9.80. The van der Waals surface area contributed by atoms with Gasteiger partial charge in [-0.15, -0.1) is 0 Å². The van der Waals surface area contributed by atoms with Crippen LogP contribution in [0.5, 0.6) is 11.5 Å². The normalized spacial score (nSPS) is 21.8. The summed E-state index contributed by atoms with van der Waals surface area (Å²) in [5.74, 6) is -0.0618. The number of rotatable bonds is 6. The molecule has 3 aliphatic rings. The van der Waals surface area contributed by atoms with Gasteiger partial charge in [-0.2, -0.15) is 0 Å². The Labute approximate surface area is 251 Å². The molecule has 0 unspecified atom stereocenters. The van der Waals surface area contributed by atoms with Gasteiger partial charge in [0, 0.05) is 42.8 Å². The van der Waals surface area contributed by atoms with Gasteiger partial charge < -0.3 is 24.4 Å². The number of carbonyl (C=O) groups is 1. The maximum atomic E-state index is 14.7. The van der Waals surface area contributed by atoms with Crippen molar-refractivity contribution >= 4 is 38.3 Å². The number of anilines is 2. The largest absolute Gasteiger partial charge is 0.489 e. The van der Waals surface area contributed by atoms with E-state index < -0.39 is 44.1 Å². The van der Waals surface area contributed by atoms with Crippen molar-refractivity contribution in [2.45, 2.75) is 41.8 Å². The van der Waals surface area contributed by atoms with E-state index in [1.54, 1.807) is 19.4 Å². The summed E-state index contributed by atoms with van der Waals surface area (Å²) < 4.78 is 70.5. The molecule has 1 N–H and O–H groups in total. The van der Waals surface area contributed by atoms with E-state index >= 15 is 0 Å². The molecular formula is C30H27F2N5O6S. The average Bonchev–Trinajstić information content (AvgIpc) is 3.84. The van der Waals surface area contributed by atoms with Crippen LogP contribution in [0.15, 0.2) is 53.7 Å². The highest BCUT2D eigenvalue weighted by Crippen LogP contribution is 2.45. The van der Waals surface area contributed by atoms with Gasteiger partial charge in [-0.3, -0.25) is 9.78 Å². The third-order valence-electron chi connectivity index (χ3n) is 7.97. The second-order valence-corrected chi connectivity index (χ2v) is 12.8. The Hall–Kier alpha value is -4.43. The molecule has 4 aromatic rings. The lowest BCUT2D eigenvalue weighted by Gasteiger charge is -2.29. The number of ether oxygens (including phenoxy) is 3. The number of methoxy groups -OCH3 is 1. The Balaban J connectivity index is 1.10. The van der Waals surface area contributed by atoms with Crippen LogP contribution in [0.2, 0.25) is 0 Å². The molecular weight excluding hydrogens is 596 g/mol. The van der Waals surface area contributed by atoms with Crippen LogP contribution in [0.25, 0.3) is 10.9 Å². The fraction of sp³-hybridized carbons (Fsp3) is 0.333. The van der Waals surface area contributed by atoms with Gasteiger partial charge in [-0.05, 0) is 48.4 Å². The topological polar surface area (TPSA) is 133 Å². The fourth-order valence-corrected chi connectivity index (χ4v) is 6.88. The molecule has 3 atom stereocenters. The molecule has 11 nitrogen and oxygen atoms in total. The maximum absolute atomic E-state index is 14.7. The zero-order chi connectivity index (χ0) is 30.6. The maximum Gasteiger partial charge on any atom is 0.251 e. The van der Waals surface area contributed by atoms with E-state index in [-0.39, 0.29) is 24.8 Å². The second kappa shape index (κ2) is 10.9. The van der Waals surface area contributed by atoms with Crippen LogP contribution in [-0.2, 0) is 21.1 Å². The van der Waals surface area contributed by atoms with Crippen LogP contribution < -0.4 is 19.7 Å². The van der Waals surface area contributed by atoms with Crippen molar-refractivity contribution in [3.8, 4) is 11.5 Å². The summed E-state index contributed by atoms with van der Waals surface area (Å²) in [6, 6.07) is 9.30. The van der Waals surface area contributed by atoms with Crippen molar-refractivity contribution < 1.29 is 36.2 Å². The minimum atomic E-state index is -4.52. The first-order valence-electron chi connectivity index (χ1n) is 14.0. The minimum Gasteiger partial charge on any atom is -0.489 e. The molecule has 1 aliphatic carbocycles. The number of hydrogen-bond donors (Lipinski definition) is 1. The zero-order valence-corrected chi connectivity index (χ0v) is 24.3. The average molecular weight is 624 g/mol. The van der Waals surface area contributed by atoms with Crippen molar-refractivity contribution in [3.63, 3.8) is 0 Å². The van der Waals surface area contributed by atoms with Crippen LogP contribution >= 0.6 is 0 Å². The Bertz CT molecular complexity index is 1910. The number of nitrogens with zero attached hydrogens (tertiary/aromatic N) is 4. The first-order chi connectivity index (χ1) is 21.2. The Morgan fingerprint density at radius 1 is 1.14 bits per heavy atom. The van der Waals surface area contributed by atoms with E-state index in [9.17, 15) is 22.0 Å². The first kappa shape index (κ1) is 28.3. The van der Waals surface area contributed by atoms with Gasteiger partial charge in [0.05, 0.1) is 37.0 Å². The summed E-state index contributed by atoms with van der Waals surface area (Å²) in [7, 11) is -2.81. The zero-order valence-electron chi connectivity index (χ0n) is 23.5. The lowest BCUT2D eigenvalue weighted by atomic mass is 10.1. The van der Waals surface area contributed by atoms with E-state index in [2.05, 4.69) is 15.3 Å². The Morgan fingerprint density at radius 3 is 2.82 bits per heavy atom. The number of halogens is 2. The molecule has 0 radical (unpaired) electrons. The molecule has 0 bridgehead atoms. The number of alkyl halides is 1. The molecule has 0 spiro atoms. The Kier molecular flexibility index (Phi) is 7.04. The molecule has 1 aromatic carbocycles. The number of nitrogens with one attached hydrogen (secondary N) is 1. The van der Waals surface area contributed by atoms with Crippen LogP contribution in [0.3, 0.4) is 0 Å². The summed E-state index contributed by atoms with van der Waals surface area (Å²) in [5.41, 5.74) is -0.374. The quantitative estimate of drug-likeness (QED) is 0.336. The minimum absolute atomic E-state index is 0.0529. The monoisotopic (exact) mass is 623 g/mol. The molecule has 1 fully saturated rings. The molecule has 1 amide bonds. The summed E-state index contributed by atoms with van der Waals surface area (Å²) in [5, 5.41) is 3.39. The van der Waals surface area contributed by atoms with E-state index in [0.717, 1.165) is 29.5 Å². The Morgan fingerprint density at radius 2 is 2.00 bits per heavy atom. The molecule has 5 heterocycles. The second-order valence-electron chi connectivity index (χ2n) is 10.8. The van der Waals surface area contributed by atoms with Crippen molar-refractivity contribution in [2.24, 2.45) is 0 Å². The van der Waals surface area contributed by atoms with Gasteiger partial charge in [0.25, 0.3) is 5.91 Å².